The maximum absolute atomic E-state index is 9.90. The molecule has 0 saturated heterocycles. The van der Waals surface area contributed by atoms with Crippen molar-refractivity contribution in [3.63, 3.8) is 0 Å². The number of nitrogens with two attached hydrogens (primary N) is 1. The van der Waals surface area contributed by atoms with E-state index in [1.807, 2.05) is 12.1 Å². The molecule has 2 rings (SSSR count). The summed E-state index contributed by atoms with van der Waals surface area (Å²) in [6.45, 7) is 0.349. The molecule has 0 spiro atoms. The topological polar surface area (TPSA) is 46.2 Å². The first-order chi connectivity index (χ1) is 5.73. The summed E-state index contributed by atoms with van der Waals surface area (Å²) in [5.41, 5.74) is 7.30. The summed E-state index contributed by atoms with van der Waals surface area (Å²) in [7, 11) is 0. The van der Waals surface area contributed by atoms with E-state index in [9.17, 15) is 5.11 Å². The second-order valence-corrected chi connectivity index (χ2v) is 3.55. The van der Waals surface area contributed by atoms with Gasteiger partial charge in [0.25, 0.3) is 0 Å². The van der Waals surface area contributed by atoms with Gasteiger partial charge in [-0.25, -0.2) is 0 Å². The van der Waals surface area contributed by atoms with Crippen LogP contribution in [0.2, 0.25) is 0 Å². The molecule has 1 aromatic rings. The molecule has 1 aliphatic rings. The zero-order chi connectivity index (χ0) is 8.60. The van der Waals surface area contributed by atoms with Crippen molar-refractivity contribution in [3.8, 4) is 0 Å². The van der Waals surface area contributed by atoms with E-state index in [-0.39, 0.29) is 0 Å². The van der Waals surface area contributed by atoms with Crippen LogP contribution in [-0.4, -0.2) is 17.3 Å². The van der Waals surface area contributed by atoms with E-state index in [1.54, 1.807) is 0 Å². The molecular weight excluding hydrogens is 150 g/mol. The molecule has 3 N–H and O–H groups in total. The van der Waals surface area contributed by atoms with E-state index in [4.69, 9.17) is 5.73 Å². The molecule has 0 saturated carbocycles. The number of hydrogen-bond donors (Lipinski definition) is 2. The second-order valence-electron chi connectivity index (χ2n) is 3.55. The number of fused-ring (bicyclic) bond motifs is 1. The highest BCUT2D eigenvalue weighted by molar-refractivity contribution is 5.35. The minimum Gasteiger partial charge on any atom is -0.388 e. The van der Waals surface area contributed by atoms with Crippen LogP contribution in [0.3, 0.4) is 0 Å². The molecule has 1 aliphatic carbocycles. The molecule has 0 unspecified atom stereocenters. The Morgan fingerprint density at radius 3 is 2.17 bits per heavy atom. The lowest BCUT2D eigenvalue weighted by Gasteiger charge is -2.18. The van der Waals surface area contributed by atoms with Crippen LogP contribution in [0.25, 0.3) is 0 Å². The van der Waals surface area contributed by atoms with Crippen molar-refractivity contribution in [1.29, 1.82) is 0 Å². The minimum atomic E-state index is -0.677. The molecule has 0 aromatic heterocycles. The monoisotopic (exact) mass is 163 g/mol. The standard InChI is InChI=1S/C10H13NO/c11-7-10(12)5-8-3-1-2-4-9(8)6-10/h1-4,12H,5-7,11H2. The van der Waals surface area contributed by atoms with Gasteiger partial charge in [0.2, 0.25) is 0 Å². The van der Waals surface area contributed by atoms with Gasteiger partial charge in [-0.15, -0.1) is 0 Å². The Morgan fingerprint density at radius 2 is 1.75 bits per heavy atom. The first kappa shape index (κ1) is 7.77. The Kier molecular flexibility index (Phi) is 1.67. The summed E-state index contributed by atoms with van der Waals surface area (Å²) < 4.78 is 0. The van der Waals surface area contributed by atoms with Crippen LogP contribution in [-0.2, 0) is 12.8 Å². The zero-order valence-corrected chi connectivity index (χ0v) is 6.96. The van der Waals surface area contributed by atoms with Crippen molar-refractivity contribution in [3.05, 3.63) is 35.4 Å². The Hall–Kier alpha value is -0.860. The van der Waals surface area contributed by atoms with Crippen molar-refractivity contribution < 1.29 is 5.11 Å². The van der Waals surface area contributed by atoms with Crippen LogP contribution in [0.4, 0.5) is 0 Å². The van der Waals surface area contributed by atoms with Crippen molar-refractivity contribution in [2.45, 2.75) is 18.4 Å². The molecule has 64 valence electrons. The maximum atomic E-state index is 9.90. The summed E-state index contributed by atoms with van der Waals surface area (Å²) >= 11 is 0. The molecule has 12 heavy (non-hydrogen) atoms. The van der Waals surface area contributed by atoms with Gasteiger partial charge in [0.05, 0.1) is 5.60 Å². The molecule has 0 radical (unpaired) electrons. The van der Waals surface area contributed by atoms with Crippen molar-refractivity contribution >= 4 is 0 Å². The van der Waals surface area contributed by atoms with Crippen molar-refractivity contribution in [1.82, 2.24) is 0 Å². The molecule has 0 bridgehead atoms. The van der Waals surface area contributed by atoms with E-state index in [0.29, 0.717) is 19.4 Å². The highest BCUT2D eigenvalue weighted by atomic mass is 16.3. The Balaban J connectivity index is 2.33. The highest BCUT2D eigenvalue weighted by Crippen LogP contribution is 2.28. The molecule has 2 nitrogen and oxygen atoms in total. The van der Waals surface area contributed by atoms with Crippen LogP contribution in [0.15, 0.2) is 24.3 Å². The third kappa shape index (κ3) is 1.13. The molecule has 0 aliphatic heterocycles. The van der Waals surface area contributed by atoms with Gasteiger partial charge in [-0.05, 0) is 11.1 Å². The van der Waals surface area contributed by atoms with E-state index in [0.717, 1.165) is 0 Å². The summed E-state index contributed by atoms with van der Waals surface area (Å²) in [6.07, 6.45) is 1.42. The summed E-state index contributed by atoms with van der Waals surface area (Å²) in [6, 6.07) is 8.12. The predicted molar refractivity (Wildman–Crippen MR) is 47.9 cm³/mol. The zero-order valence-electron chi connectivity index (χ0n) is 6.96. The number of benzene rings is 1. The van der Waals surface area contributed by atoms with E-state index in [1.165, 1.54) is 11.1 Å². The normalized spacial score (nSPS) is 19.2. The van der Waals surface area contributed by atoms with Crippen LogP contribution in [0.5, 0.6) is 0 Å². The highest BCUT2D eigenvalue weighted by Gasteiger charge is 2.33. The Morgan fingerprint density at radius 1 is 1.25 bits per heavy atom. The molecule has 0 atom stereocenters. The van der Waals surface area contributed by atoms with Gasteiger partial charge < -0.3 is 10.8 Å². The summed E-state index contributed by atoms with van der Waals surface area (Å²) in [4.78, 5) is 0. The van der Waals surface area contributed by atoms with Crippen molar-refractivity contribution in [2.75, 3.05) is 6.54 Å². The van der Waals surface area contributed by atoms with Gasteiger partial charge in [-0.1, -0.05) is 24.3 Å². The molecule has 2 heteroatoms. The molecule has 1 aromatic carbocycles. The molecular formula is C10H13NO. The third-order valence-corrected chi connectivity index (χ3v) is 2.54. The Labute approximate surface area is 72.0 Å². The van der Waals surface area contributed by atoms with Gasteiger partial charge in [0.1, 0.15) is 0 Å². The Bertz CT molecular complexity index is 271. The van der Waals surface area contributed by atoms with Crippen LogP contribution in [0, 0.1) is 0 Å². The number of rotatable bonds is 1. The van der Waals surface area contributed by atoms with E-state index < -0.39 is 5.60 Å². The largest absolute Gasteiger partial charge is 0.388 e. The fraction of sp³-hybridized carbons (Fsp3) is 0.400. The predicted octanol–water partition coefficient (Wildman–Crippen LogP) is 0.475. The van der Waals surface area contributed by atoms with Gasteiger partial charge in [0.15, 0.2) is 0 Å². The van der Waals surface area contributed by atoms with Crippen LogP contribution < -0.4 is 5.73 Å². The fourth-order valence-electron chi connectivity index (χ4n) is 1.82. The SMILES string of the molecule is NCC1(O)Cc2ccccc2C1. The van der Waals surface area contributed by atoms with Gasteiger partial charge in [-0.3, -0.25) is 0 Å². The van der Waals surface area contributed by atoms with Gasteiger partial charge >= 0.3 is 0 Å². The first-order valence-corrected chi connectivity index (χ1v) is 4.23. The lowest BCUT2D eigenvalue weighted by Crippen LogP contribution is -2.38. The summed E-state index contributed by atoms with van der Waals surface area (Å²) in [5, 5.41) is 9.90. The maximum Gasteiger partial charge on any atom is 0.0849 e. The lowest BCUT2D eigenvalue weighted by molar-refractivity contribution is 0.0606. The van der Waals surface area contributed by atoms with E-state index >= 15 is 0 Å². The molecule has 0 amide bonds. The lowest BCUT2D eigenvalue weighted by atomic mass is 10.0. The van der Waals surface area contributed by atoms with Crippen LogP contribution >= 0.6 is 0 Å². The minimum absolute atomic E-state index is 0.349. The second kappa shape index (κ2) is 2.57. The molecule has 0 fully saturated rings. The molecule has 0 heterocycles. The fourth-order valence-corrected chi connectivity index (χ4v) is 1.82. The van der Waals surface area contributed by atoms with Gasteiger partial charge in [-0.2, -0.15) is 0 Å². The van der Waals surface area contributed by atoms with Crippen molar-refractivity contribution in [2.24, 2.45) is 5.73 Å². The van der Waals surface area contributed by atoms with Crippen LogP contribution in [0.1, 0.15) is 11.1 Å². The average Bonchev–Trinajstić information content (AvgIpc) is 2.42. The summed E-state index contributed by atoms with van der Waals surface area (Å²) in [5.74, 6) is 0. The van der Waals surface area contributed by atoms with E-state index in [2.05, 4.69) is 12.1 Å². The van der Waals surface area contributed by atoms with Gasteiger partial charge in [0, 0.05) is 19.4 Å². The number of hydrogen-bond acceptors (Lipinski definition) is 2. The first-order valence-electron chi connectivity index (χ1n) is 4.23. The average molecular weight is 163 g/mol. The number of aliphatic hydroxyl groups is 1. The quantitative estimate of drug-likeness (QED) is 0.632. The smallest absolute Gasteiger partial charge is 0.0849 e. The third-order valence-electron chi connectivity index (χ3n) is 2.54.